The average molecular weight is 234 g/mol. The van der Waals surface area contributed by atoms with Gasteiger partial charge < -0.3 is 15.7 Å². The van der Waals surface area contributed by atoms with E-state index in [1.165, 1.54) is 0 Å². The van der Waals surface area contributed by atoms with Crippen LogP contribution in [0.1, 0.15) is 18.2 Å². The van der Waals surface area contributed by atoms with Crippen LogP contribution in [-0.2, 0) is 0 Å². The van der Waals surface area contributed by atoms with Gasteiger partial charge in [-0.2, -0.15) is 5.26 Å². The Hall–Kier alpha value is -1.64. The molecular formula is C12H18N4O. The standard InChI is InChI=1S/C12H18N4O/c1-9-5-11(7-13)6-12(16-9)15-4-3-14-8-10(2)17/h5-6,10,14,17H,3-4,8H2,1-2H3,(H,15,16). The molecule has 1 unspecified atom stereocenters. The maximum atomic E-state index is 9.04. The number of aliphatic hydroxyl groups is 1. The second-order valence-corrected chi connectivity index (χ2v) is 3.97. The predicted octanol–water partition coefficient (Wildman–Crippen LogP) is 0.644. The molecular weight excluding hydrogens is 216 g/mol. The maximum Gasteiger partial charge on any atom is 0.127 e. The molecule has 17 heavy (non-hydrogen) atoms. The van der Waals surface area contributed by atoms with Crippen LogP contribution in [-0.4, -0.2) is 35.8 Å². The van der Waals surface area contributed by atoms with Crippen molar-refractivity contribution in [3.63, 3.8) is 0 Å². The highest BCUT2D eigenvalue weighted by Gasteiger charge is 1.99. The number of nitrogens with one attached hydrogen (secondary N) is 2. The van der Waals surface area contributed by atoms with Gasteiger partial charge in [-0.05, 0) is 26.0 Å². The topological polar surface area (TPSA) is 81.0 Å². The molecule has 0 radical (unpaired) electrons. The number of nitriles is 1. The SMILES string of the molecule is Cc1cc(C#N)cc(NCCNCC(C)O)n1. The molecule has 1 aromatic rings. The fourth-order valence-corrected chi connectivity index (χ4v) is 1.41. The second-order valence-electron chi connectivity index (χ2n) is 3.97. The first-order valence-electron chi connectivity index (χ1n) is 5.63. The van der Waals surface area contributed by atoms with Crippen LogP contribution in [0, 0.1) is 18.3 Å². The molecule has 1 heterocycles. The second kappa shape index (κ2) is 6.84. The predicted molar refractivity (Wildman–Crippen MR) is 66.7 cm³/mol. The number of aryl methyl sites for hydroxylation is 1. The Balaban J connectivity index is 2.37. The fraction of sp³-hybridized carbons (Fsp3) is 0.500. The zero-order valence-corrected chi connectivity index (χ0v) is 10.2. The first-order chi connectivity index (χ1) is 8.11. The summed E-state index contributed by atoms with van der Waals surface area (Å²) in [7, 11) is 0. The normalized spacial score (nSPS) is 11.9. The summed E-state index contributed by atoms with van der Waals surface area (Å²) in [4.78, 5) is 4.28. The summed E-state index contributed by atoms with van der Waals surface area (Å²) in [5.41, 5.74) is 1.43. The van der Waals surface area contributed by atoms with E-state index < -0.39 is 0 Å². The third kappa shape index (κ3) is 5.29. The number of anilines is 1. The third-order valence-corrected chi connectivity index (χ3v) is 2.13. The highest BCUT2D eigenvalue weighted by Crippen LogP contribution is 2.08. The third-order valence-electron chi connectivity index (χ3n) is 2.13. The molecule has 0 saturated heterocycles. The van der Waals surface area contributed by atoms with E-state index in [2.05, 4.69) is 21.7 Å². The van der Waals surface area contributed by atoms with E-state index >= 15 is 0 Å². The van der Waals surface area contributed by atoms with Gasteiger partial charge in [0, 0.05) is 25.3 Å². The molecule has 1 aromatic heterocycles. The molecule has 0 aliphatic heterocycles. The van der Waals surface area contributed by atoms with E-state index in [1.54, 1.807) is 19.1 Å². The number of rotatable bonds is 6. The molecule has 0 spiro atoms. The van der Waals surface area contributed by atoms with Gasteiger partial charge in [0.05, 0.1) is 17.7 Å². The molecule has 1 rings (SSSR count). The molecule has 5 nitrogen and oxygen atoms in total. The summed E-state index contributed by atoms with van der Waals surface area (Å²) >= 11 is 0. The minimum Gasteiger partial charge on any atom is -0.392 e. The summed E-state index contributed by atoms with van der Waals surface area (Å²) < 4.78 is 0. The number of hydrogen-bond donors (Lipinski definition) is 3. The molecule has 3 N–H and O–H groups in total. The van der Waals surface area contributed by atoms with Crippen molar-refractivity contribution in [3.05, 3.63) is 23.4 Å². The van der Waals surface area contributed by atoms with Gasteiger partial charge in [-0.3, -0.25) is 0 Å². The quantitative estimate of drug-likeness (QED) is 0.629. The Morgan fingerprint density at radius 3 is 2.88 bits per heavy atom. The Morgan fingerprint density at radius 2 is 2.24 bits per heavy atom. The lowest BCUT2D eigenvalue weighted by Gasteiger charge is -2.09. The van der Waals surface area contributed by atoms with Crippen LogP contribution < -0.4 is 10.6 Å². The first kappa shape index (κ1) is 13.4. The summed E-state index contributed by atoms with van der Waals surface area (Å²) in [5, 5.41) is 24.1. The lowest BCUT2D eigenvalue weighted by atomic mass is 10.2. The number of hydrogen-bond acceptors (Lipinski definition) is 5. The van der Waals surface area contributed by atoms with Crippen molar-refractivity contribution in [2.24, 2.45) is 0 Å². The Morgan fingerprint density at radius 1 is 1.47 bits per heavy atom. The zero-order chi connectivity index (χ0) is 12.7. The van der Waals surface area contributed by atoms with Crippen molar-refractivity contribution in [1.29, 1.82) is 5.26 Å². The summed E-state index contributed by atoms with van der Waals surface area (Å²) in [6.45, 7) is 5.61. The summed E-state index contributed by atoms with van der Waals surface area (Å²) in [6.07, 6.45) is -0.336. The first-order valence-corrected chi connectivity index (χ1v) is 5.63. The van der Waals surface area contributed by atoms with Gasteiger partial charge in [0.15, 0.2) is 0 Å². The van der Waals surface area contributed by atoms with Gasteiger partial charge in [-0.1, -0.05) is 0 Å². The molecule has 0 aromatic carbocycles. The van der Waals surface area contributed by atoms with E-state index in [9.17, 15) is 0 Å². The highest BCUT2D eigenvalue weighted by molar-refractivity contribution is 5.44. The van der Waals surface area contributed by atoms with Gasteiger partial charge in [0.2, 0.25) is 0 Å². The molecule has 0 amide bonds. The minimum atomic E-state index is -0.336. The Bertz CT molecular complexity index is 398. The minimum absolute atomic E-state index is 0.336. The smallest absolute Gasteiger partial charge is 0.127 e. The van der Waals surface area contributed by atoms with Crippen LogP contribution in [0.2, 0.25) is 0 Å². The van der Waals surface area contributed by atoms with E-state index in [1.807, 2.05) is 6.92 Å². The van der Waals surface area contributed by atoms with Crippen molar-refractivity contribution < 1.29 is 5.11 Å². The molecule has 0 aliphatic rings. The summed E-state index contributed by atoms with van der Waals surface area (Å²) in [5.74, 6) is 0.709. The molecule has 0 bridgehead atoms. The summed E-state index contributed by atoms with van der Waals surface area (Å²) in [6, 6.07) is 5.57. The number of aromatic nitrogens is 1. The monoisotopic (exact) mass is 234 g/mol. The highest BCUT2D eigenvalue weighted by atomic mass is 16.3. The van der Waals surface area contributed by atoms with Crippen LogP contribution in [0.15, 0.2) is 12.1 Å². The van der Waals surface area contributed by atoms with Crippen molar-refractivity contribution in [3.8, 4) is 6.07 Å². The van der Waals surface area contributed by atoms with E-state index in [0.29, 0.717) is 24.5 Å². The Kier molecular flexibility index (Phi) is 5.40. The van der Waals surface area contributed by atoms with Crippen molar-refractivity contribution in [1.82, 2.24) is 10.3 Å². The van der Waals surface area contributed by atoms with Crippen LogP contribution in [0.5, 0.6) is 0 Å². The van der Waals surface area contributed by atoms with Gasteiger partial charge in [0.25, 0.3) is 0 Å². The van der Waals surface area contributed by atoms with Crippen molar-refractivity contribution >= 4 is 5.82 Å². The molecule has 92 valence electrons. The Labute approximate surface area is 101 Å². The number of aliphatic hydroxyl groups excluding tert-OH is 1. The van der Waals surface area contributed by atoms with Gasteiger partial charge in [-0.25, -0.2) is 4.98 Å². The molecule has 0 fully saturated rings. The van der Waals surface area contributed by atoms with Crippen LogP contribution in [0.25, 0.3) is 0 Å². The number of pyridine rings is 1. The van der Waals surface area contributed by atoms with Crippen molar-refractivity contribution in [2.45, 2.75) is 20.0 Å². The van der Waals surface area contributed by atoms with Gasteiger partial charge in [-0.15, -0.1) is 0 Å². The van der Waals surface area contributed by atoms with E-state index in [4.69, 9.17) is 10.4 Å². The van der Waals surface area contributed by atoms with Gasteiger partial charge in [0.1, 0.15) is 5.82 Å². The van der Waals surface area contributed by atoms with Crippen LogP contribution >= 0.6 is 0 Å². The molecule has 5 heteroatoms. The molecule has 1 atom stereocenters. The molecule has 0 aliphatic carbocycles. The van der Waals surface area contributed by atoms with Gasteiger partial charge >= 0.3 is 0 Å². The van der Waals surface area contributed by atoms with E-state index in [0.717, 1.165) is 12.2 Å². The lowest BCUT2D eigenvalue weighted by molar-refractivity contribution is 0.192. The zero-order valence-electron chi connectivity index (χ0n) is 10.2. The largest absolute Gasteiger partial charge is 0.392 e. The lowest BCUT2D eigenvalue weighted by Crippen LogP contribution is -2.29. The van der Waals surface area contributed by atoms with Crippen LogP contribution in [0.4, 0.5) is 5.82 Å². The van der Waals surface area contributed by atoms with Crippen molar-refractivity contribution in [2.75, 3.05) is 25.0 Å². The maximum absolute atomic E-state index is 9.04. The molecule has 0 saturated carbocycles. The average Bonchev–Trinajstić information content (AvgIpc) is 2.27. The number of nitrogens with zero attached hydrogens (tertiary/aromatic N) is 2. The fourth-order valence-electron chi connectivity index (χ4n) is 1.41. The van der Waals surface area contributed by atoms with Crippen LogP contribution in [0.3, 0.4) is 0 Å². The van der Waals surface area contributed by atoms with E-state index in [-0.39, 0.29) is 6.10 Å².